The molecule has 0 amide bonds. The average Bonchev–Trinajstić information content (AvgIpc) is 2.39. The predicted molar refractivity (Wildman–Crippen MR) is 78.1 cm³/mol. The van der Waals surface area contributed by atoms with Crippen LogP contribution in [0.5, 0.6) is 0 Å². The number of hydrogen-bond acceptors (Lipinski definition) is 1. The summed E-state index contributed by atoms with van der Waals surface area (Å²) in [5.74, 6) is -0.210. The molecule has 0 spiro atoms. The Bertz CT molecular complexity index is 551. The van der Waals surface area contributed by atoms with Gasteiger partial charge in [-0.25, -0.2) is 4.39 Å². The summed E-state index contributed by atoms with van der Waals surface area (Å²) in [4.78, 5) is 0. The summed E-state index contributed by atoms with van der Waals surface area (Å²) < 4.78 is 12.9. The van der Waals surface area contributed by atoms with Crippen LogP contribution in [0.2, 0.25) is 5.02 Å². The van der Waals surface area contributed by atoms with Crippen LogP contribution in [-0.4, -0.2) is 7.05 Å². The van der Waals surface area contributed by atoms with E-state index in [2.05, 4.69) is 11.4 Å². The maximum absolute atomic E-state index is 12.9. The molecule has 0 fully saturated rings. The Morgan fingerprint density at radius 3 is 2.42 bits per heavy atom. The van der Waals surface area contributed by atoms with E-state index in [1.165, 1.54) is 12.1 Å². The van der Waals surface area contributed by atoms with E-state index in [0.717, 1.165) is 28.1 Å². The van der Waals surface area contributed by atoms with E-state index in [0.29, 0.717) is 0 Å². The van der Waals surface area contributed by atoms with Gasteiger partial charge in [-0.1, -0.05) is 35.9 Å². The molecule has 0 aliphatic rings. The van der Waals surface area contributed by atoms with Crippen molar-refractivity contribution in [1.29, 1.82) is 0 Å². The summed E-state index contributed by atoms with van der Waals surface area (Å²) in [5.41, 5.74) is 3.29. The Morgan fingerprint density at radius 1 is 1.16 bits per heavy atom. The molecule has 100 valence electrons. The molecule has 2 rings (SSSR count). The molecule has 1 unspecified atom stereocenters. The summed E-state index contributed by atoms with van der Waals surface area (Å²) in [6.45, 7) is 2.02. The van der Waals surface area contributed by atoms with Crippen molar-refractivity contribution in [2.45, 2.75) is 19.4 Å². The van der Waals surface area contributed by atoms with Crippen LogP contribution < -0.4 is 5.32 Å². The highest BCUT2D eigenvalue weighted by molar-refractivity contribution is 6.31. The van der Waals surface area contributed by atoms with Crippen molar-refractivity contribution in [3.63, 3.8) is 0 Å². The predicted octanol–water partition coefficient (Wildman–Crippen LogP) is 4.29. The third kappa shape index (κ3) is 3.55. The zero-order valence-corrected chi connectivity index (χ0v) is 11.8. The van der Waals surface area contributed by atoms with Crippen LogP contribution in [0.3, 0.4) is 0 Å². The van der Waals surface area contributed by atoms with Crippen molar-refractivity contribution < 1.29 is 4.39 Å². The van der Waals surface area contributed by atoms with Crippen LogP contribution in [0.15, 0.2) is 42.5 Å². The molecule has 1 N–H and O–H groups in total. The smallest absolute Gasteiger partial charge is 0.123 e. The lowest BCUT2D eigenvalue weighted by molar-refractivity contribution is 0.589. The summed E-state index contributed by atoms with van der Waals surface area (Å²) >= 11 is 6.29. The monoisotopic (exact) mass is 277 g/mol. The first kappa shape index (κ1) is 14.0. The van der Waals surface area contributed by atoms with Crippen LogP contribution in [0.25, 0.3) is 0 Å². The maximum atomic E-state index is 12.9. The van der Waals surface area contributed by atoms with Crippen molar-refractivity contribution in [2.75, 3.05) is 7.05 Å². The van der Waals surface area contributed by atoms with E-state index < -0.39 is 0 Å². The first-order chi connectivity index (χ1) is 9.10. The van der Waals surface area contributed by atoms with Crippen LogP contribution in [0, 0.1) is 12.7 Å². The lowest BCUT2D eigenvalue weighted by Crippen LogP contribution is -2.19. The molecule has 0 aliphatic heterocycles. The van der Waals surface area contributed by atoms with E-state index in [1.807, 2.05) is 38.2 Å². The van der Waals surface area contributed by atoms with Gasteiger partial charge in [-0.05, 0) is 55.3 Å². The fraction of sp³-hybridized carbons (Fsp3) is 0.250. The quantitative estimate of drug-likeness (QED) is 0.879. The Kier molecular flexibility index (Phi) is 4.56. The Hall–Kier alpha value is -1.38. The second kappa shape index (κ2) is 6.18. The third-order valence-electron chi connectivity index (χ3n) is 3.23. The van der Waals surface area contributed by atoms with Gasteiger partial charge in [0.15, 0.2) is 0 Å². The molecule has 0 aromatic heterocycles. The normalized spacial score (nSPS) is 12.4. The molecule has 19 heavy (non-hydrogen) atoms. The molecule has 0 bridgehead atoms. The third-order valence-corrected chi connectivity index (χ3v) is 3.56. The van der Waals surface area contributed by atoms with Crippen molar-refractivity contribution in [2.24, 2.45) is 0 Å². The molecule has 0 radical (unpaired) electrons. The number of nitrogens with one attached hydrogen (secondary N) is 1. The molecule has 0 aliphatic carbocycles. The highest BCUT2D eigenvalue weighted by Gasteiger charge is 2.13. The lowest BCUT2D eigenvalue weighted by atomic mass is 9.98. The second-order valence-electron chi connectivity index (χ2n) is 4.70. The van der Waals surface area contributed by atoms with Gasteiger partial charge in [0.2, 0.25) is 0 Å². The minimum absolute atomic E-state index is 0.124. The molecule has 0 saturated carbocycles. The Morgan fingerprint density at radius 2 is 1.84 bits per heavy atom. The zero-order chi connectivity index (χ0) is 13.8. The van der Waals surface area contributed by atoms with Gasteiger partial charge in [0, 0.05) is 11.1 Å². The second-order valence-corrected chi connectivity index (χ2v) is 5.10. The first-order valence-corrected chi connectivity index (χ1v) is 6.65. The van der Waals surface area contributed by atoms with Gasteiger partial charge in [-0.15, -0.1) is 0 Å². The maximum Gasteiger partial charge on any atom is 0.123 e. The molecule has 1 atom stereocenters. The van der Waals surface area contributed by atoms with Gasteiger partial charge < -0.3 is 5.32 Å². The van der Waals surface area contributed by atoms with Crippen molar-refractivity contribution in [1.82, 2.24) is 5.32 Å². The number of halogens is 2. The lowest BCUT2D eigenvalue weighted by Gasteiger charge is -2.18. The molecule has 0 saturated heterocycles. The highest BCUT2D eigenvalue weighted by atomic mass is 35.5. The van der Waals surface area contributed by atoms with Gasteiger partial charge in [-0.3, -0.25) is 0 Å². The minimum Gasteiger partial charge on any atom is -0.313 e. The Balaban J connectivity index is 2.22. The van der Waals surface area contributed by atoms with Crippen molar-refractivity contribution in [3.05, 3.63) is 70.0 Å². The topological polar surface area (TPSA) is 12.0 Å². The van der Waals surface area contributed by atoms with E-state index in [1.54, 1.807) is 0 Å². The van der Waals surface area contributed by atoms with E-state index in [4.69, 9.17) is 11.6 Å². The van der Waals surface area contributed by atoms with Crippen molar-refractivity contribution >= 4 is 11.6 Å². The van der Waals surface area contributed by atoms with Crippen LogP contribution in [-0.2, 0) is 6.42 Å². The van der Waals surface area contributed by atoms with Crippen LogP contribution in [0.4, 0.5) is 4.39 Å². The fourth-order valence-corrected chi connectivity index (χ4v) is 2.51. The van der Waals surface area contributed by atoms with E-state index >= 15 is 0 Å². The molecular weight excluding hydrogens is 261 g/mol. The van der Waals surface area contributed by atoms with E-state index in [9.17, 15) is 4.39 Å². The molecule has 2 aromatic carbocycles. The Labute approximate surface area is 118 Å². The van der Waals surface area contributed by atoms with Gasteiger partial charge in [0.05, 0.1) is 0 Å². The summed E-state index contributed by atoms with van der Waals surface area (Å²) in [7, 11) is 1.91. The number of benzene rings is 2. The minimum atomic E-state index is -0.210. The molecule has 0 heterocycles. The number of likely N-dealkylation sites (N-methyl/N-ethyl adjacent to an activating group) is 1. The largest absolute Gasteiger partial charge is 0.313 e. The van der Waals surface area contributed by atoms with Crippen LogP contribution >= 0.6 is 11.6 Å². The van der Waals surface area contributed by atoms with Gasteiger partial charge in [0.1, 0.15) is 5.82 Å². The molecule has 2 aromatic rings. The van der Waals surface area contributed by atoms with Gasteiger partial charge in [-0.2, -0.15) is 0 Å². The van der Waals surface area contributed by atoms with Gasteiger partial charge in [0.25, 0.3) is 0 Å². The molecular formula is C16H17ClFN. The summed E-state index contributed by atoms with van der Waals surface area (Å²) in [6, 6.07) is 12.8. The van der Waals surface area contributed by atoms with Crippen LogP contribution in [0.1, 0.15) is 22.7 Å². The number of hydrogen-bond donors (Lipinski definition) is 1. The van der Waals surface area contributed by atoms with Gasteiger partial charge >= 0.3 is 0 Å². The zero-order valence-electron chi connectivity index (χ0n) is 11.1. The standard InChI is InChI=1S/C16H17ClFN/c1-11-3-8-14(15(17)9-11)16(19-2)10-12-4-6-13(18)7-5-12/h3-9,16,19H,10H2,1-2H3. The molecule has 1 nitrogen and oxygen atoms in total. The van der Waals surface area contributed by atoms with Crippen molar-refractivity contribution in [3.8, 4) is 0 Å². The molecule has 3 heteroatoms. The highest BCUT2D eigenvalue weighted by Crippen LogP contribution is 2.26. The number of rotatable bonds is 4. The average molecular weight is 278 g/mol. The SMILES string of the molecule is CNC(Cc1ccc(F)cc1)c1ccc(C)cc1Cl. The summed E-state index contributed by atoms with van der Waals surface area (Å²) in [5, 5.41) is 4.03. The first-order valence-electron chi connectivity index (χ1n) is 6.28. The summed E-state index contributed by atoms with van der Waals surface area (Å²) in [6.07, 6.45) is 0.777. The van der Waals surface area contributed by atoms with E-state index in [-0.39, 0.29) is 11.9 Å². The number of aryl methyl sites for hydroxylation is 1. The fourth-order valence-electron chi connectivity index (χ4n) is 2.14.